The van der Waals surface area contributed by atoms with Crippen molar-refractivity contribution in [3.05, 3.63) is 34.3 Å². The van der Waals surface area contributed by atoms with Gasteiger partial charge in [-0.2, -0.15) is 11.8 Å². The number of benzene rings is 1. The summed E-state index contributed by atoms with van der Waals surface area (Å²) in [7, 11) is 0. The van der Waals surface area contributed by atoms with Gasteiger partial charge in [0.2, 0.25) is 0 Å². The van der Waals surface area contributed by atoms with Crippen molar-refractivity contribution in [2.45, 2.75) is 38.0 Å². The fourth-order valence-corrected chi connectivity index (χ4v) is 3.95. The molecular formula is C14H20ClNS. The van der Waals surface area contributed by atoms with Gasteiger partial charge < -0.3 is 5.73 Å². The Morgan fingerprint density at radius 3 is 2.71 bits per heavy atom. The van der Waals surface area contributed by atoms with Gasteiger partial charge in [-0.3, -0.25) is 0 Å². The molecule has 0 saturated heterocycles. The lowest BCUT2D eigenvalue weighted by Crippen LogP contribution is -1.98. The van der Waals surface area contributed by atoms with Crippen molar-refractivity contribution < 1.29 is 0 Å². The van der Waals surface area contributed by atoms with Crippen molar-refractivity contribution in [3.8, 4) is 0 Å². The van der Waals surface area contributed by atoms with Crippen molar-refractivity contribution in [2.75, 3.05) is 5.75 Å². The Balaban J connectivity index is 1.81. The molecule has 0 unspecified atom stereocenters. The molecule has 1 nitrogen and oxygen atoms in total. The van der Waals surface area contributed by atoms with Gasteiger partial charge in [0.15, 0.2) is 0 Å². The van der Waals surface area contributed by atoms with E-state index in [1.807, 2.05) is 17.8 Å². The topological polar surface area (TPSA) is 26.0 Å². The van der Waals surface area contributed by atoms with Crippen LogP contribution in [0.1, 0.15) is 36.8 Å². The molecule has 3 heteroatoms. The molecule has 0 aliphatic heterocycles. The van der Waals surface area contributed by atoms with Crippen LogP contribution in [0.4, 0.5) is 0 Å². The second-order valence-corrected chi connectivity index (χ2v) is 6.23. The van der Waals surface area contributed by atoms with E-state index in [0.29, 0.717) is 6.54 Å². The van der Waals surface area contributed by atoms with Gasteiger partial charge in [-0.05, 0) is 41.7 Å². The van der Waals surface area contributed by atoms with E-state index >= 15 is 0 Å². The van der Waals surface area contributed by atoms with Crippen LogP contribution in [0.2, 0.25) is 5.02 Å². The Labute approximate surface area is 113 Å². The predicted molar refractivity (Wildman–Crippen MR) is 77.5 cm³/mol. The van der Waals surface area contributed by atoms with Crippen molar-refractivity contribution >= 4 is 23.4 Å². The SMILES string of the molecule is NCc1ccc(CSCC2CCCC2)c(Cl)c1. The first-order valence-corrected chi connectivity index (χ1v) is 7.88. The number of rotatable bonds is 5. The summed E-state index contributed by atoms with van der Waals surface area (Å²) in [5, 5.41) is 0.867. The molecule has 0 spiro atoms. The molecule has 0 radical (unpaired) electrons. The van der Waals surface area contributed by atoms with E-state index in [2.05, 4.69) is 12.1 Å². The van der Waals surface area contributed by atoms with Gasteiger partial charge in [0, 0.05) is 17.3 Å². The number of halogens is 1. The molecule has 2 N–H and O–H groups in total. The van der Waals surface area contributed by atoms with Gasteiger partial charge in [0.1, 0.15) is 0 Å². The smallest absolute Gasteiger partial charge is 0.0449 e. The third-order valence-electron chi connectivity index (χ3n) is 3.44. The van der Waals surface area contributed by atoms with Crippen LogP contribution in [0.5, 0.6) is 0 Å². The molecule has 94 valence electrons. The van der Waals surface area contributed by atoms with E-state index in [1.165, 1.54) is 37.0 Å². The van der Waals surface area contributed by atoms with E-state index < -0.39 is 0 Å². The van der Waals surface area contributed by atoms with Crippen LogP contribution in [0.3, 0.4) is 0 Å². The summed E-state index contributed by atoms with van der Waals surface area (Å²) in [6, 6.07) is 6.19. The van der Waals surface area contributed by atoms with Gasteiger partial charge >= 0.3 is 0 Å². The Hall–Kier alpha value is -0.180. The molecule has 1 fully saturated rings. The Bertz CT molecular complexity index is 361. The van der Waals surface area contributed by atoms with Crippen LogP contribution in [-0.2, 0) is 12.3 Å². The minimum absolute atomic E-state index is 0.565. The van der Waals surface area contributed by atoms with E-state index in [-0.39, 0.29) is 0 Å². The van der Waals surface area contributed by atoms with Gasteiger partial charge in [-0.25, -0.2) is 0 Å². The summed E-state index contributed by atoms with van der Waals surface area (Å²) in [6.07, 6.45) is 5.70. The van der Waals surface area contributed by atoms with Gasteiger partial charge in [-0.1, -0.05) is 36.6 Å². The second-order valence-electron chi connectivity index (χ2n) is 4.80. The first kappa shape index (κ1) is 13.3. The number of thioether (sulfide) groups is 1. The molecule has 1 aromatic rings. The summed E-state index contributed by atoms with van der Waals surface area (Å²) in [4.78, 5) is 0. The lowest BCUT2D eigenvalue weighted by Gasteiger charge is -2.09. The van der Waals surface area contributed by atoms with E-state index in [0.717, 1.165) is 22.3 Å². The van der Waals surface area contributed by atoms with Crippen LogP contribution >= 0.6 is 23.4 Å². The number of nitrogens with two attached hydrogens (primary N) is 1. The molecule has 0 atom stereocenters. The fourth-order valence-electron chi connectivity index (χ4n) is 2.35. The van der Waals surface area contributed by atoms with E-state index in [4.69, 9.17) is 17.3 Å². The standard InChI is InChI=1S/C14H20ClNS/c15-14-7-12(8-16)5-6-13(14)10-17-9-11-3-1-2-4-11/h5-7,11H,1-4,8-10,16H2. The molecule has 0 heterocycles. The Morgan fingerprint density at radius 2 is 2.06 bits per heavy atom. The van der Waals surface area contributed by atoms with Gasteiger partial charge in [0.05, 0.1) is 0 Å². The zero-order valence-corrected chi connectivity index (χ0v) is 11.7. The Morgan fingerprint density at radius 1 is 1.29 bits per heavy atom. The van der Waals surface area contributed by atoms with Crippen LogP contribution in [0.25, 0.3) is 0 Å². The molecule has 0 bridgehead atoms. The highest BCUT2D eigenvalue weighted by Crippen LogP contribution is 2.30. The average molecular weight is 270 g/mol. The zero-order chi connectivity index (χ0) is 12.1. The van der Waals surface area contributed by atoms with Crippen LogP contribution in [0.15, 0.2) is 18.2 Å². The quantitative estimate of drug-likeness (QED) is 0.866. The lowest BCUT2D eigenvalue weighted by atomic mass is 10.1. The summed E-state index contributed by atoms with van der Waals surface area (Å²) >= 11 is 8.25. The zero-order valence-electron chi connectivity index (χ0n) is 10.1. The number of hydrogen-bond acceptors (Lipinski definition) is 2. The largest absolute Gasteiger partial charge is 0.326 e. The summed E-state index contributed by atoms with van der Waals surface area (Å²) < 4.78 is 0. The molecule has 17 heavy (non-hydrogen) atoms. The fraction of sp³-hybridized carbons (Fsp3) is 0.571. The molecular weight excluding hydrogens is 250 g/mol. The maximum absolute atomic E-state index is 6.23. The third-order valence-corrected chi connectivity index (χ3v) is 5.01. The average Bonchev–Trinajstić information content (AvgIpc) is 2.84. The maximum Gasteiger partial charge on any atom is 0.0449 e. The van der Waals surface area contributed by atoms with Crippen LogP contribution in [0, 0.1) is 5.92 Å². The first-order valence-electron chi connectivity index (χ1n) is 6.34. The number of hydrogen-bond donors (Lipinski definition) is 1. The monoisotopic (exact) mass is 269 g/mol. The first-order chi connectivity index (χ1) is 8.29. The van der Waals surface area contributed by atoms with E-state index in [1.54, 1.807) is 0 Å². The molecule has 1 aliphatic rings. The van der Waals surface area contributed by atoms with Gasteiger partial charge in [-0.15, -0.1) is 0 Å². The van der Waals surface area contributed by atoms with Crippen LogP contribution in [-0.4, -0.2) is 5.75 Å². The Kier molecular flexibility index (Phi) is 5.20. The highest BCUT2D eigenvalue weighted by Gasteiger charge is 2.14. The molecule has 1 aromatic carbocycles. The summed E-state index contributed by atoms with van der Waals surface area (Å²) in [5.41, 5.74) is 7.94. The molecule has 2 rings (SSSR count). The molecule has 0 amide bonds. The normalized spacial score (nSPS) is 16.6. The van der Waals surface area contributed by atoms with Crippen molar-refractivity contribution in [3.63, 3.8) is 0 Å². The van der Waals surface area contributed by atoms with Gasteiger partial charge in [0.25, 0.3) is 0 Å². The van der Waals surface area contributed by atoms with Crippen LogP contribution < -0.4 is 5.73 Å². The minimum Gasteiger partial charge on any atom is -0.326 e. The minimum atomic E-state index is 0.565. The predicted octanol–water partition coefficient (Wildman–Crippen LogP) is 4.22. The highest BCUT2D eigenvalue weighted by atomic mass is 35.5. The molecule has 1 aliphatic carbocycles. The summed E-state index contributed by atoms with van der Waals surface area (Å²) in [5.74, 6) is 3.26. The molecule has 0 aromatic heterocycles. The lowest BCUT2D eigenvalue weighted by molar-refractivity contribution is 0.623. The van der Waals surface area contributed by atoms with Crippen molar-refractivity contribution in [1.82, 2.24) is 0 Å². The molecule has 1 saturated carbocycles. The highest BCUT2D eigenvalue weighted by molar-refractivity contribution is 7.98. The second kappa shape index (κ2) is 6.67. The van der Waals surface area contributed by atoms with Crippen molar-refractivity contribution in [1.29, 1.82) is 0 Å². The third kappa shape index (κ3) is 3.90. The maximum atomic E-state index is 6.23. The van der Waals surface area contributed by atoms with Crippen molar-refractivity contribution in [2.24, 2.45) is 11.7 Å². The summed E-state index contributed by atoms with van der Waals surface area (Å²) in [6.45, 7) is 0.565. The van der Waals surface area contributed by atoms with E-state index in [9.17, 15) is 0 Å².